The fourth-order valence-electron chi connectivity index (χ4n) is 1.96. The minimum Gasteiger partial charge on any atom is -0.479 e. The summed E-state index contributed by atoms with van der Waals surface area (Å²) in [6, 6.07) is 12.5. The Balaban J connectivity index is 1.97. The SMILES string of the molecule is CC(C)(C)OC(=O)COc1cccnc1C(=O)OCc1ccccc1. The van der Waals surface area contributed by atoms with Crippen molar-refractivity contribution < 1.29 is 23.8 Å². The molecule has 25 heavy (non-hydrogen) atoms. The summed E-state index contributed by atoms with van der Waals surface area (Å²) in [4.78, 5) is 28.0. The third-order valence-electron chi connectivity index (χ3n) is 2.94. The van der Waals surface area contributed by atoms with Gasteiger partial charge in [0.25, 0.3) is 0 Å². The van der Waals surface area contributed by atoms with E-state index < -0.39 is 17.5 Å². The molecule has 1 aromatic heterocycles. The number of aromatic nitrogens is 1. The maximum Gasteiger partial charge on any atom is 0.361 e. The van der Waals surface area contributed by atoms with Crippen LogP contribution in [0.1, 0.15) is 36.8 Å². The molecular weight excluding hydrogens is 322 g/mol. The zero-order valence-corrected chi connectivity index (χ0v) is 14.5. The van der Waals surface area contributed by atoms with Crippen LogP contribution < -0.4 is 4.74 Å². The average Bonchev–Trinajstić information content (AvgIpc) is 2.57. The van der Waals surface area contributed by atoms with Crippen LogP contribution >= 0.6 is 0 Å². The van der Waals surface area contributed by atoms with E-state index in [4.69, 9.17) is 14.2 Å². The van der Waals surface area contributed by atoms with Gasteiger partial charge in [0, 0.05) is 6.20 Å². The Hall–Kier alpha value is -2.89. The Bertz CT molecular complexity index is 722. The van der Waals surface area contributed by atoms with Crippen molar-refractivity contribution in [2.45, 2.75) is 33.0 Å². The topological polar surface area (TPSA) is 74.7 Å². The second kappa shape index (κ2) is 8.28. The van der Waals surface area contributed by atoms with Gasteiger partial charge in [-0.1, -0.05) is 30.3 Å². The van der Waals surface area contributed by atoms with Gasteiger partial charge in [0.05, 0.1) is 0 Å². The second-order valence-electron chi connectivity index (χ2n) is 6.29. The third kappa shape index (κ3) is 6.25. The highest BCUT2D eigenvalue weighted by molar-refractivity contribution is 5.90. The highest BCUT2D eigenvalue weighted by Crippen LogP contribution is 2.17. The van der Waals surface area contributed by atoms with E-state index in [1.165, 1.54) is 6.20 Å². The van der Waals surface area contributed by atoms with Crippen molar-refractivity contribution in [1.29, 1.82) is 0 Å². The van der Waals surface area contributed by atoms with Gasteiger partial charge in [-0.2, -0.15) is 0 Å². The first-order valence-electron chi connectivity index (χ1n) is 7.86. The van der Waals surface area contributed by atoms with Gasteiger partial charge in [0.15, 0.2) is 18.1 Å². The molecule has 1 aromatic carbocycles. The Kier molecular flexibility index (Phi) is 6.11. The highest BCUT2D eigenvalue weighted by Gasteiger charge is 2.19. The van der Waals surface area contributed by atoms with Gasteiger partial charge < -0.3 is 14.2 Å². The molecule has 0 unspecified atom stereocenters. The van der Waals surface area contributed by atoms with Crippen molar-refractivity contribution in [2.24, 2.45) is 0 Å². The molecule has 0 amide bonds. The van der Waals surface area contributed by atoms with Crippen molar-refractivity contribution >= 4 is 11.9 Å². The minimum absolute atomic E-state index is 0.0157. The molecule has 0 spiro atoms. The van der Waals surface area contributed by atoms with Gasteiger partial charge in [-0.05, 0) is 38.5 Å². The van der Waals surface area contributed by atoms with Crippen LogP contribution in [-0.2, 0) is 20.9 Å². The van der Waals surface area contributed by atoms with Crippen LogP contribution in [0.3, 0.4) is 0 Å². The molecule has 0 aliphatic rings. The average molecular weight is 343 g/mol. The lowest BCUT2D eigenvalue weighted by Crippen LogP contribution is -2.27. The molecule has 6 heteroatoms. The standard InChI is InChI=1S/C19H21NO5/c1-19(2,3)25-16(21)13-23-15-10-7-11-20-17(15)18(22)24-12-14-8-5-4-6-9-14/h4-11H,12-13H2,1-3H3. The van der Waals surface area contributed by atoms with E-state index in [1.54, 1.807) is 32.9 Å². The second-order valence-corrected chi connectivity index (χ2v) is 6.29. The first-order valence-corrected chi connectivity index (χ1v) is 7.86. The fourth-order valence-corrected chi connectivity index (χ4v) is 1.96. The van der Waals surface area contributed by atoms with Crippen LogP contribution in [0.4, 0.5) is 0 Å². The summed E-state index contributed by atoms with van der Waals surface area (Å²) >= 11 is 0. The Morgan fingerprint density at radius 1 is 1.04 bits per heavy atom. The lowest BCUT2D eigenvalue weighted by atomic mass is 10.2. The Labute approximate surface area is 146 Å². The molecule has 0 aliphatic heterocycles. The number of pyridine rings is 1. The van der Waals surface area contributed by atoms with E-state index in [1.807, 2.05) is 30.3 Å². The molecule has 0 saturated carbocycles. The number of hydrogen-bond donors (Lipinski definition) is 0. The van der Waals surface area contributed by atoms with Crippen LogP contribution in [0.2, 0.25) is 0 Å². The quantitative estimate of drug-likeness (QED) is 0.750. The van der Waals surface area contributed by atoms with Gasteiger partial charge in [-0.3, -0.25) is 0 Å². The number of hydrogen-bond acceptors (Lipinski definition) is 6. The molecule has 0 fully saturated rings. The number of benzene rings is 1. The first-order chi connectivity index (χ1) is 11.8. The van der Waals surface area contributed by atoms with Crippen molar-refractivity contribution in [3.8, 4) is 5.75 Å². The largest absolute Gasteiger partial charge is 0.479 e. The molecule has 0 N–H and O–H groups in total. The fraction of sp³-hybridized carbons (Fsp3) is 0.316. The van der Waals surface area contributed by atoms with Crippen LogP contribution in [0.5, 0.6) is 5.75 Å². The van der Waals surface area contributed by atoms with Crippen LogP contribution in [-0.4, -0.2) is 29.1 Å². The van der Waals surface area contributed by atoms with Crippen molar-refractivity contribution in [3.05, 3.63) is 59.9 Å². The molecule has 0 bridgehead atoms. The van der Waals surface area contributed by atoms with E-state index in [0.717, 1.165) is 5.56 Å². The predicted molar refractivity (Wildman–Crippen MR) is 91.1 cm³/mol. The number of esters is 2. The molecule has 0 aliphatic carbocycles. The summed E-state index contributed by atoms with van der Waals surface area (Å²) in [5.74, 6) is -0.977. The summed E-state index contributed by atoms with van der Waals surface area (Å²) in [7, 11) is 0. The van der Waals surface area contributed by atoms with Gasteiger partial charge in [-0.25, -0.2) is 14.6 Å². The summed E-state index contributed by atoms with van der Waals surface area (Å²) < 4.78 is 15.8. The van der Waals surface area contributed by atoms with Gasteiger partial charge in [0.1, 0.15) is 12.2 Å². The molecule has 1 heterocycles. The molecule has 0 radical (unpaired) electrons. The Morgan fingerprint density at radius 2 is 1.76 bits per heavy atom. The lowest BCUT2D eigenvalue weighted by Gasteiger charge is -2.19. The smallest absolute Gasteiger partial charge is 0.361 e. The lowest BCUT2D eigenvalue weighted by molar-refractivity contribution is -0.157. The molecule has 6 nitrogen and oxygen atoms in total. The molecular formula is C19H21NO5. The number of carbonyl (C=O) groups is 2. The highest BCUT2D eigenvalue weighted by atomic mass is 16.6. The summed E-state index contributed by atoms with van der Waals surface area (Å²) in [6.45, 7) is 5.10. The van der Waals surface area contributed by atoms with E-state index in [-0.39, 0.29) is 24.7 Å². The molecule has 2 rings (SSSR count). The minimum atomic E-state index is -0.622. The first kappa shape index (κ1) is 18.4. The van der Waals surface area contributed by atoms with E-state index in [0.29, 0.717) is 0 Å². The number of carbonyl (C=O) groups excluding carboxylic acids is 2. The zero-order valence-electron chi connectivity index (χ0n) is 14.5. The maximum atomic E-state index is 12.2. The molecule has 132 valence electrons. The monoisotopic (exact) mass is 343 g/mol. The molecule has 2 aromatic rings. The summed E-state index contributed by atoms with van der Waals surface area (Å²) in [6.07, 6.45) is 1.46. The Morgan fingerprint density at radius 3 is 2.44 bits per heavy atom. The number of ether oxygens (including phenoxy) is 3. The van der Waals surface area contributed by atoms with Crippen molar-refractivity contribution in [1.82, 2.24) is 4.98 Å². The van der Waals surface area contributed by atoms with Gasteiger partial charge in [0.2, 0.25) is 0 Å². The normalized spacial score (nSPS) is 10.8. The number of rotatable bonds is 6. The zero-order chi connectivity index (χ0) is 18.3. The van der Waals surface area contributed by atoms with Crippen LogP contribution in [0.25, 0.3) is 0 Å². The molecule has 0 saturated heterocycles. The summed E-state index contributed by atoms with van der Waals surface area (Å²) in [5, 5.41) is 0. The third-order valence-corrected chi connectivity index (χ3v) is 2.94. The van der Waals surface area contributed by atoms with Gasteiger partial charge >= 0.3 is 11.9 Å². The van der Waals surface area contributed by atoms with Crippen molar-refractivity contribution in [3.63, 3.8) is 0 Å². The summed E-state index contributed by atoms with van der Waals surface area (Å²) in [5.41, 5.74) is 0.275. The van der Waals surface area contributed by atoms with Crippen molar-refractivity contribution in [2.75, 3.05) is 6.61 Å². The number of nitrogens with zero attached hydrogens (tertiary/aromatic N) is 1. The predicted octanol–water partition coefficient (Wildman–Crippen LogP) is 3.16. The van der Waals surface area contributed by atoms with E-state index >= 15 is 0 Å². The van der Waals surface area contributed by atoms with E-state index in [9.17, 15) is 9.59 Å². The molecule has 0 atom stereocenters. The van der Waals surface area contributed by atoms with Gasteiger partial charge in [-0.15, -0.1) is 0 Å². The van der Waals surface area contributed by atoms with Crippen LogP contribution in [0, 0.1) is 0 Å². The van der Waals surface area contributed by atoms with Crippen LogP contribution in [0.15, 0.2) is 48.7 Å². The maximum absolute atomic E-state index is 12.2. The van der Waals surface area contributed by atoms with E-state index in [2.05, 4.69) is 4.98 Å².